The number of hydrogen-bond acceptors (Lipinski definition) is 2. The molecule has 20 heavy (non-hydrogen) atoms. The lowest BCUT2D eigenvalue weighted by Crippen LogP contribution is -2.02. The lowest BCUT2D eigenvalue weighted by atomic mass is 10.2. The van der Waals surface area contributed by atoms with Gasteiger partial charge in [0.2, 0.25) is 5.78 Å². The molecule has 2 heterocycles. The summed E-state index contributed by atoms with van der Waals surface area (Å²) in [5.74, 6) is -0.0221. The molecule has 3 aromatic rings. The van der Waals surface area contributed by atoms with Crippen molar-refractivity contribution in [2.45, 2.75) is 6.92 Å². The van der Waals surface area contributed by atoms with Crippen LogP contribution in [0.2, 0.25) is 0 Å². The van der Waals surface area contributed by atoms with Crippen molar-refractivity contribution in [1.29, 1.82) is 0 Å². The van der Waals surface area contributed by atoms with E-state index in [-0.39, 0.29) is 5.78 Å². The molecular formula is C16H15N3O. The number of benzene rings is 1. The van der Waals surface area contributed by atoms with Crippen LogP contribution < -0.4 is 0 Å². The molecule has 1 N–H and O–H groups in total. The summed E-state index contributed by atoms with van der Waals surface area (Å²) in [6.07, 6.45) is 4.93. The van der Waals surface area contributed by atoms with Crippen LogP contribution in [0.15, 0.2) is 42.7 Å². The van der Waals surface area contributed by atoms with Crippen LogP contribution in [0.25, 0.3) is 17.0 Å². The minimum atomic E-state index is -0.0221. The molecule has 1 aromatic carbocycles. The number of ketones is 1. The Labute approximate surface area is 116 Å². The first-order valence-electron chi connectivity index (χ1n) is 6.43. The zero-order valence-electron chi connectivity index (χ0n) is 11.4. The third-order valence-corrected chi connectivity index (χ3v) is 3.47. The smallest absolute Gasteiger partial charge is 0.202 e. The standard InChI is InChI=1S/C16H15N3O/c1-11-13(18-10-17-11)7-8-16(20)15-9-12-5-3-4-6-14(12)19(15)2/h3-10H,1-2H3,(H,17,18)/b8-7+. The van der Waals surface area contributed by atoms with E-state index in [2.05, 4.69) is 9.97 Å². The van der Waals surface area contributed by atoms with E-state index in [1.165, 1.54) is 0 Å². The van der Waals surface area contributed by atoms with E-state index in [1.807, 2.05) is 48.9 Å². The molecule has 3 rings (SSSR count). The maximum atomic E-state index is 12.3. The maximum Gasteiger partial charge on any atom is 0.202 e. The van der Waals surface area contributed by atoms with Crippen molar-refractivity contribution in [3.8, 4) is 0 Å². The summed E-state index contributed by atoms with van der Waals surface area (Å²) in [5.41, 5.74) is 3.47. The van der Waals surface area contributed by atoms with Gasteiger partial charge in [0.1, 0.15) is 0 Å². The molecule has 0 atom stereocenters. The molecule has 0 saturated carbocycles. The Balaban J connectivity index is 1.95. The maximum absolute atomic E-state index is 12.3. The lowest BCUT2D eigenvalue weighted by molar-refractivity contribution is 0.104. The van der Waals surface area contributed by atoms with Crippen LogP contribution >= 0.6 is 0 Å². The van der Waals surface area contributed by atoms with Gasteiger partial charge < -0.3 is 9.55 Å². The van der Waals surface area contributed by atoms with Gasteiger partial charge in [0, 0.05) is 23.6 Å². The number of nitrogens with one attached hydrogen (secondary N) is 1. The second-order valence-electron chi connectivity index (χ2n) is 4.76. The van der Waals surface area contributed by atoms with Gasteiger partial charge in [-0.3, -0.25) is 4.79 Å². The molecule has 0 amide bonds. The number of aryl methyl sites for hydroxylation is 2. The van der Waals surface area contributed by atoms with E-state index in [9.17, 15) is 4.79 Å². The third kappa shape index (κ3) is 2.05. The summed E-state index contributed by atoms with van der Waals surface area (Å²) in [4.78, 5) is 19.4. The highest BCUT2D eigenvalue weighted by Crippen LogP contribution is 2.19. The number of hydrogen-bond donors (Lipinski definition) is 1. The van der Waals surface area contributed by atoms with Crippen molar-refractivity contribution in [3.63, 3.8) is 0 Å². The first kappa shape index (κ1) is 12.4. The van der Waals surface area contributed by atoms with E-state index < -0.39 is 0 Å². The van der Waals surface area contributed by atoms with Gasteiger partial charge in [-0.05, 0) is 31.2 Å². The second-order valence-corrected chi connectivity index (χ2v) is 4.76. The molecule has 4 nitrogen and oxygen atoms in total. The summed E-state index contributed by atoms with van der Waals surface area (Å²) in [5, 5.41) is 1.07. The molecule has 0 aliphatic rings. The first-order valence-corrected chi connectivity index (χ1v) is 6.43. The summed E-state index contributed by atoms with van der Waals surface area (Å²) in [6.45, 7) is 1.92. The lowest BCUT2D eigenvalue weighted by Gasteiger charge is -1.99. The van der Waals surface area contributed by atoms with Gasteiger partial charge in [0.15, 0.2) is 0 Å². The second kappa shape index (κ2) is 4.81. The Bertz CT molecular complexity index is 808. The molecule has 0 spiro atoms. The molecule has 0 aliphatic heterocycles. The summed E-state index contributed by atoms with van der Waals surface area (Å²) < 4.78 is 1.92. The van der Waals surface area contributed by atoms with Crippen LogP contribution in [0.5, 0.6) is 0 Å². The minimum absolute atomic E-state index is 0.0221. The van der Waals surface area contributed by atoms with Crippen LogP contribution in [-0.2, 0) is 7.05 Å². The average molecular weight is 265 g/mol. The van der Waals surface area contributed by atoms with Gasteiger partial charge in [-0.15, -0.1) is 0 Å². The molecule has 0 aliphatic carbocycles. The number of fused-ring (bicyclic) bond motifs is 1. The normalized spacial score (nSPS) is 11.5. The zero-order valence-corrected chi connectivity index (χ0v) is 11.4. The molecule has 0 saturated heterocycles. The third-order valence-electron chi connectivity index (χ3n) is 3.47. The largest absolute Gasteiger partial charge is 0.348 e. The summed E-state index contributed by atoms with van der Waals surface area (Å²) in [6, 6.07) is 9.87. The highest BCUT2D eigenvalue weighted by molar-refractivity contribution is 6.08. The highest BCUT2D eigenvalue weighted by Gasteiger charge is 2.10. The SMILES string of the molecule is Cc1[nH]cnc1/C=C/C(=O)c1cc2ccccc2n1C. The molecule has 2 aromatic heterocycles. The molecule has 0 bridgehead atoms. The fourth-order valence-electron chi connectivity index (χ4n) is 2.30. The number of carbonyl (C=O) groups excluding carboxylic acids is 1. The average Bonchev–Trinajstić information content (AvgIpc) is 3.01. The number of aromatic nitrogens is 3. The number of imidazole rings is 1. The molecule has 0 radical (unpaired) electrons. The predicted molar refractivity (Wildman–Crippen MR) is 79.6 cm³/mol. The molecule has 0 unspecified atom stereocenters. The van der Waals surface area contributed by atoms with Crippen molar-refractivity contribution in [2.24, 2.45) is 7.05 Å². The summed E-state index contributed by atoms with van der Waals surface area (Å²) >= 11 is 0. The minimum Gasteiger partial charge on any atom is -0.348 e. The van der Waals surface area contributed by atoms with Gasteiger partial charge >= 0.3 is 0 Å². The Hall–Kier alpha value is -2.62. The zero-order chi connectivity index (χ0) is 14.1. The Kier molecular flexibility index (Phi) is 2.99. The fraction of sp³-hybridized carbons (Fsp3) is 0.125. The summed E-state index contributed by atoms with van der Waals surface area (Å²) in [7, 11) is 1.91. The van der Waals surface area contributed by atoms with Gasteiger partial charge in [-0.2, -0.15) is 0 Å². The van der Waals surface area contributed by atoms with E-state index in [0.29, 0.717) is 5.69 Å². The molecule has 100 valence electrons. The van der Waals surface area contributed by atoms with Crippen LogP contribution in [0, 0.1) is 6.92 Å². The number of para-hydroxylation sites is 1. The van der Waals surface area contributed by atoms with Crippen molar-refractivity contribution >= 4 is 22.8 Å². The number of rotatable bonds is 3. The van der Waals surface area contributed by atoms with Gasteiger partial charge in [-0.25, -0.2) is 4.98 Å². The van der Waals surface area contributed by atoms with Crippen LogP contribution in [0.1, 0.15) is 21.9 Å². The fourth-order valence-corrected chi connectivity index (χ4v) is 2.30. The molecule has 4 heteroatoms. The number of nitrogens with zero attached hydrogens (tertiary/aromatic N) is 2. The quantitative estimate of drug-likeness (QED) is 0.584. The molecule has 0 fully saturated rings. The van der Waals surface area contributed by atoms with E-state index in [4.69, 9.17) is 0 Å². The van der Waals surface area contributed by atoms with Crippen LogP contribution in [0.4, 0.5) is 0 Å². The van der Waals surface area contributed by atoms with E-state index in [0.717, 1.165) is 22.3 Å². The van der Waals surface area contributed by atoms with Crippen molar-refractivity contribution in [1.82, 2.24) is 14.5 Å². The Morgan fingerprint density at radius 2 is 2.15 bits per heavy atom. The predicted octanol–water partition coefficient (Wildman–Crippen LogP) is 3.11. The van der Waals surface area contributed by atoms with Gasteiger partial charge in [0.05, 0.1) is 17.7 Å². The van der Waals surface area contributed by atoms with Crippen LogP contribution in [-0.4, -0.2) is 20.3 Å². The Morgan fingerprint density at radius 1 is 1.35 bits per heavy atom. The van der Waals surface area contributed by atoms with E-state index >= 15 is 0 Å². The Morgan fingerprint density at radius 3 is 2.85 bits per heavy atom. The number of carbonyl (C=O) groups is 1. The highest BCUT2D eigenvalue weighted by atomic mass is 16.1. The van der Waals surface area contributed by atoms with Crippen LogP contribution in [0.3, 0.4) is 0 Å². The van der Waals surface area contributed by atoms with Crippen molar-refractivity contribution in [2.75, 3.05) is 0 Å². The van der Waals surface area contributed by atoms with Crippen molar-refractivity contribution < 1.29 is 4.79 Å². The number of allylic oxidation sites excluding steroid dienone is 1. The number of H-pyrrole nitrogens is 1. The number of aromatic amines is 1. The van der Waals surface area contributed by atoms with Gasteiger partial charge in [0.25, 0.3) is 0 Å². The monoisotopic (exact) mass is 265 g/mol. The first-order chi connectivity index (χ1) is 9.66. The van der Waals surface area contributed by atoms with Gasteiger partial charge in [-0.1, -0.05) is 18.2 Å². The van der Waals surface area contributed by atoms with E-state index in [1.54, 1.807) is 18.5 Å². The molecular weight excluding hydrogens is 250 g/mol. The van der Waals surface area contributed by atoms with Crippen molar-refractivity contribution in [3.05, 3.63) is 59.8 Å². The topological polar surface area (TPSA) is 50.7 Å².